The SMILES string of the molecule is C=C1C(N2CCC(C)=C(/C=C(\CC)CCC)C2)=C(C)C1CC. The number of hydrogen-bond donors (Lipinski definition) is 0. The van der Waals surface area contributed by atoms with E-state index in [2.05, 4.69) is 52.2 Å². The molecule has 0 radical (unpaired) electrons. The molecule has 0 aromatic rings. The van der Waals surface area contributed by atoms with Crippen LogP contribution in [0.25, 0.3) is 0 Å². The molecule has 1 aliphatic carbocycles. The molecule has 0 aromatic carbocycles. The predicted octanol–water partition coefficient (Wildman–Crippen LogP) is 6.02. The van der Waals surface area contributed by atoms with Gasteiger partial charge in [-0.3, -0.25) is 0 Å². The third-order valence-corrected chi connectivity index (χ3v) is 5.42. The predicted molar refractivity (Wildman–Crippen MR) is 97.8 cm³/mol. The number of hydrogen-bond acceptors (Lipinski definition) is 1. The molecule has 0 spiro atoms. The lowest BCUT2D eigenvalue weighted by molar-refractivity contribution is 0.334. The molecule has 122 valence electrons. The summed E-state index contributed by atoms with van der Waals surface area (Å²) in [6, 6.07) is 0. The summed E-state index contributed by atoms with van der Waals surface area (Å²) in [5, 5.41) is 0. The molecule has 1 heterocycles. The van der Waals surface area contributed by atoms with Crippen LogP contribution in [0.4, 0.5) is 0 Å². The number of nitrogens with zero attached hydrogens (tertiary/aromatic N) is 1. The number of rotatable bonds is 6. The highest BCUT2D eigenvalue weighted by atomic mass is 15.2. The second-order valence-electron chi connectivity index (χ2n) is 6.90. The molecule has 1 atom stereocenters. The molecule has 1 aliphatic heterocycles. The molecule has 0 N–H and O–H groups in total. The van der Waals surface area contributed by atoms with Gasteiger partial charge in [0.2, 0.25) is 0 Å². The Kier molecular flexibility index (Phi) is 5.72. The molecule has 0 saturated heterocycles. The first-order chi connectivity index (χ1) is 10.5. The van der Waals surface area contributed by atoms with E-state index >= 15 is 0 Å². The minimum absolute atomic E-state index is 0.632. The zero-order valence-electron chi connectivity index (χ0n) is 15.3. The van der Waals surface area contributed by atoms with Gasteiger partial charge in [-0.05, 0) is 56.3 Å². The molecule has 0 fully saturated rings. The lowest BCUT2D eigenvalue weighted by atomic mass is 9.75. The molecule has 2 aliphatic rings. The van der Waals surface area contributed by atoms with Gasteiger partial charge in [0.15, 0.2) is 0 Å². The lowest BCUT2D eigenvalue weighted by Gasteiger charge is -2.43. The van der Waals surface area contributed by atoms with E-state index in [0.29, 0.717) is 5.92 Å². The van der Waals surface area contributed by atoms with Crippen LogP contribution < -0.4 is 0 Å². The van der Waals surface area contributed by atoms with Crippen molar-refractivity contribution in [2.24, 2.45) is 5.92 Å². The van der Waals surface area contributed by atoms with Crippen LogP contribution in [-0.2, 0) is 0 Å². The van der Waals surface area contributed by atoms with Crippen LogP contribution in [0.15, 0.2) is 46.2 Å². The topological polar surface area (TPSA) is 3.24 Å². The second-order valence-corrected chi connectivity index (χ2v) is 6.90. The summed E-state index contributed by atoms with van der Waals surface area (Å²) in [6.45, 7) is 18.0. The first-order valence-electron chi connectivity index (χ1n) is 9.06. The summed E-state index contributed by atoms with van der Waals surface area (Å²) < 4.78 is 0. The van der Waals surface area contributed by atoms with Crippen molar-refractivity contribution >= 4 is 0 Å². The molecule has 0 bridgehead atoms. The summed E-state index contributed by atoms with van der Waals surface area (Å²) in [6.07, 6.45) is 8.53. The van der Waals surface area contributed by atoms with E-state index in [-0.39, 0.29) is 0 Å². The maximum Gasteiger partial charge on any atom is 0.0429 e. The van der Waals surface area contributed by atoms with E-state index in [4.69, 9.17) is 0 Å². The average Bonchev–Trinajstić information content (AvgIpc) is 2.50. The standard InChI is InChI=1S/C21H33N/c1-7-10-18(8-2)13-19-14-22(12-11-15(19)4)21-16(5)20(9-3)17(21)6/h13,20H,5,7-12,14H2,1-4,6H3/b18-13+. The maximum atomic E-state index is 4.34. The number of allylic oxidation sites excluding steroid dienone is 3. The third-order valence-electron chi connectivity index (χ3n) is 5.42. The Bertz CT molecular complexity index is 530. The fraction of sp³-hybridized carbons (Fsp3) is 0.619. The van der Waals surface area contributed by atoms with E-state index in [9.17, 15) is 0 Å². The van der Waals surface area contributed by atoms with Crippen molar-refractivity contribution in [1.29, 1.82) is 0 Å². The van der Waals surface area contributed by atoms with Gasteiger partial charge in [0, 0.05) is 24.7 Å². The second kappa shape index (κ2) is 7.35. The maximum absolute atomic E-state index is 4.34. The van der Waals surface area contributed by atoms with E-state index in [1.807, 2.05) is 0 Å². The van der Waals surface area contributed by atoms with Crippen molar-refractivity contribution < 1.29 is 0 Å². The van der Waals surface area contributed by atoms with Crippen molar-refractivity contribution in [3.8, 4) is 0 Å². The third kappa shape index (κ3) is 3.24. The van der Waals surface area contributed by atoms with Crippen molar-refractivity contribution in [2.45, 2.75) is 66.7 Å². The van der Waals surface area contributed by atoms with Crippen molar-refractivity contribution in [3.05, 3.63) is 46.2 Å². The molecular formula is C21H33N. The lowest BCUT2D eigenvalue weighted by Crippen LogP contribution is -2.38. The van der Waals surface area contributed by atoms with Crippen LogP contribution in [0.5, 0.6) is 0 Å². The normalized spacial score (nSPS) is 23.3. The van der Waals surface area contributed by atoms with Gasteiger partial charge < -0.3 is 4.90 Å². The highest BCUT2D eigenvalue weighted by Crippen LogP contribution is 2.44. The van der Waals surface area contributed by atoms with Crippen molar-refractivity contribution in [2.75, 3.05) is 13.1 Å². The minimum Gasteiger partial charge on any atom is -0.367 e. The first kappa shape index (κ1) is 17.1. The van der Waals surface area contributed by atoms with Gasteiger partial charge in [0.05, 0.1) is 0 Å². The molecular weight excluding hydrogens is 266 g/mol. The van der Waals surface area contributed by atoms with E-state index in [1.165, 1.54) is 43.4 Å². The fourth-order valence-corrected chi connectivity index (χ4v) is 3.93. The monoisotopic (exact) mass is 299 g/mol. The Labute approximate surface area is 137 Å². The molecule has 2 rings (SSSR count). The van der Waals surface area contributed by atoms with Crippen LogP contribution >= 0.6 is 0 Å². The Morgan fingerprint density at radius 3 is 2.55 bits per heavy atom. The Hall–Kier alpha value is -1.24. The summed E-state index contributed by atoms with van der Waals surface area (Å²) in [4.78, 5) is 2.57. The highest BCUT2D eigenvalue weighted by Gasteiger charge is 2.33. The zero-order chi connectivity index (χ0) is 16.3. The summed E-state index contributed by atoms with van der Waals surface area (Å²) in [5.74, 6) is 0.632. The van der Waals surface area contributed by atoms with Gasteiger partial charge in [0.25, 0.3) is 0 Å². The largest absolute Gasteiger partial charge is 0.367 e. The summed E-state index contributed by atoms with van der Waals surface area (Å²) >= 11 is 0. The molecule has 1 heteroatoms. The van der Waals surface area contributed by atoms with Crippen molar-refractivity contribution in [1.82, 2.24) is 4.90 Å². The smallest absolute Gasteiger partial charge is 0.0429 e. The van der Waals surface area contributed by atoms with Crippen LogP contribution in [0.3, 0.4) is 0 Å². The molecule has 1 unspecified atom stereocenters. The quantitative estimate of drug-likeness (QED) is 0.580. The molecule has 0 aromatic heterocycles. The van der Waals surface area contributed by atoms with Gasteiger partial charge >= 0.3 is 0 Å². The van der Waals surface area contributed by atoms with Crippen molar-refractivity contribution in [3.63, 3.8) is 0 Å². The molecule has 22 heavy (non-hydrogen) atoms. The molecule has 0 amide bonds. The fourth-order valence-electron chi connectivity index (χ4n) is 3.93. The van der Waals surface area contributed by atoms with E-state index in [1.54, 1.807) is 22.3 Å². The minimum atomic E-state index is 0.632. The summed E-state index contributed by atoms with van der Waals surface area (Å²) in [5.41, 5.74) is 9.10. The van der Waals surface area contributed by atoms with Gasteiger partial charge in [-0.25, -0.2) is 0 Å². The van der Waals surface area contributed by atoms with E-state index < -0.39 is 0 Å². The first-order valence-corrected chi connectivity index (χ1v) is 9.06. The highest BCUT2D eigenvalue weighted by molar-refractivity contribution is 5.50. The molecule has 1 nitrogen and oxygen atoms in total. The Balaban J connectivity index is 2.18. The van der Waals surface area contributed by atoms with Gasteiger partial charge in [-0.15, -0.1) is 0 Å². The van der Waals surface area contributed by atoms with Crippen LogP contribution in [0.2, 0.25) is 0 Å². The zero-order valence-corrected chi connectivity index (χ0v) is 15.3. The van der Waals surface area contributed by atoms with Gasteiger partial charge in [-0.1, -0.05) is 51.0 Å². The van der Waals surface area contributed by atoms with Crippen LogP contribution in [-0.4, -0.2) is 18.0 Å². The van der Waals surface area contributed by atoms with Crippen LogP contribution in [0, 0.1) is 5.92 Å². The van der Waals surface area contributed by atoms with E-state index in [0.717, 1.165) is 13.1 Å². The van der Waals surface area contributed by atoms with Crippen LogP contribution in [0.1, 0.15) is 66.7 Å². The average molecular weight is 300 g/mol. The summed E-state index contributed by atoms with van der Waals surface area (Å²) in [7, 11) is 0. The Morgan fingerprint density at radius 2 is 2.00 bits per heavy atom. The molecule has 0 saturated carbocycles. The Morgan fingerprint density at radius 1 is 1.27 bits per heavy atom. The van der Waals surface area contributed by atoms with Gasteiger partial charge in [0.1, 0.15) is 0 Å². The van der Waals surface area contributed by atoms with Gasteiger partial charge in [-0.2, -0.15) is 0 Å².